The van der Waals surface area contributed by atoms with Crippen LogP contribution in [0.3, 0.4) is 0 Å². The molecule has 0 spiro atoms. The highest BCUT2D eigenvalue weighted by Gasteiger charge is 2.12. The topological polar surface area (TPSA) is 17.1 Å². The molecule has 1 nitrogen and oxygen atoms in total. The summed E-state index contributed by atoms with van der Waals surface area (Å²) in [5.41, 5.74) is 3.85. The third-order valence-electron chi connectivity index (χ3n) is 2.75. The van der Waals surface area contributed by atoms with E-state index in [1.54, 1.807) is 0 Å². The Morgan fingerprint density at radius 3 is 2.29 bits per heavy atom. The molecule has 0 radical (unpaired) electrons. The molecular formula is C15H13IO. The first-order chi connectivity index (χ1) is 8.09. The van der Waals surface area contributed by atoms with Crippen molar-refractivity contribution in [2.45, 2.75) is 13.8 Å². The Morgan fingerprint density at radius 1 is 1.00 bits per heavy atom. The number of halogens is 1. The van der Waals surface area contributed by atoms with Gasteiger partial charge in [-0.25, -0.2) is 0 Å². The van der Waals surface area contributed by atoms with Crippen molar-refractivity contribution in [3.63, 3.8) is 0 Å². The summed E-state index contributed by atoms with van der Waals surface area (Å²) in [6.07, 6.45) is 0. The lowest BCUT2D eigenvalue weighted by molar-refractivity contribution is 0.103. The average molecular weight is 336 g/mol. The molecule has 0 N–H and O–H groups in total. The van der Waals surface area contributed by atoms with Crippen LogP contribution in [0.15, 0.2) is 42.5 Å². The van der Waals surface area contributed by atoms with Crippen LogP contribution in [-0.4, -0.2) is 5.78 Å². The van der Waals surface area contributed by atoms with Crippen molar-refractivity contribution in [2.75, 3.05) is 0 Å². The highest BCUT2D eigenvalue weighted by atomic mass is 127. The van der Waals surface area contributed by atoms with Gasteiger partial charge in [0.05, 0.1) is 0 Å². The van der Waals surface area contributed by atoms with Gasteiger partial charge in [-0.2, -0.15) is 0 Å². The summed E-state index contributed by atoms with van der Waals surface area (Å²) in [4.78, 5) is 12.3. The summed E-state index contributed by atoms with van der Waals surface area (Å²) < 4.78 is 1.04. The Labute approximate surface area is 115 Å². The van der Waals surface area contributed by atoms with E-state index in [4.69, 9.17) is 0 Å². The first kappa shape index (κ1) is 12.3. The predicted molar refractivity (Wildman–Crippen MR) is 78.5 cm³/mol. The molecule has 0 amide bonds. The molecule has 0 heterocycles. The SMILES string of the molecule is Cc1ccc(C(=O)c2cccc(C)c2I)cc1. The smallest absolute Gasteiger partial charge is 0.194 e. The van der Waals surface area contributed by atoms with Crippen molar-refractivity contribution in [2.24, 2.45) is 0 Å². The van der Waals surface area contributed by atoms with Crippen LogP contribution in [-0.2, 0) is 0 Å². The fraction of sp³-hybridized carbons (Fsp3) is 0.133. The van der Waals surface area contributed by atoms with E-state index in [9.17, 15) is 4.79 Å². The molecule has 0 aromatic heterocycles. The van der Waals surface area contributed by atoms with Crippen LogP contribution >= 0.6 is 22.6 Å². The van der Waals surface area contributed by atoms with E-state index in [1.165, 1.54) is 5.56 Å². The zero-order valence-corrected chi connectivity index (χ0v) is 12.0. The number of hydrogen-bond acceptors (Lipinski definition) is 1. The van der Waals surface area contributed by atoms with Gasteiger partial charge >= 0.3 is 0 Å². The number of carbonyl (C=O) groups is 1. The largest absolute Gasteiger partial charge is 0.289 e. The molecular weight excluding hydrogens is 323 g/mol. The van der Waals surface area contributed by atoms with Gasteiger partial charge in [-0.15, -0.1) is 0 Å². The average Bonchev–Trinajstić information content (AvgIpc) is 2.33. The molecule has 2 heteroatoms. The number of hydrogen-bond donors (Lipinski definition) is 0. The minimum Gasteiger partial charge on any atom is -0.289 e. The summed E-state index contributed by atoms with van der Waals surface area (Å²) in [5.74, 6) is 0.0955. The number of ketones is 1. The molecule has 0 atom stereocenters. The zero-order chi connectivity index (χ0) is 12.4. The maximum absolute atomic E-state index is 12.3. The van der Waals surface area contributed by atoms with E-state index < -0.39 is 0 Å². The quantitative estimate of drug-likeness (QED) is 0.595. The van der Waals surface area contributed by atoms with Gasteiger partial charge < -0.3 is 0 Å². The second-order valence-electron chi connectivity index (χ2n) is 4.13. The highest BCUT2D eigenvalue weighted by molar-refractivity contribution is 14.1. The second kappa shape index (κ2) is 5.00. The molecule has 2 aromatic carbocycles. The van der Waals surface area contributed by atoms with Crippen molar-refractivity contribution in [3.8, 4) is 0 Å². The highest BCUT2D eigenvalue weighted by Crippen LogP contribution is 2.20. The first-order valence-corrected chi connectivity index (χ1v) is 6.54. The lowest BCUT2D eigenvalue weighted by atomic mass is 10.0. The first-order valence-electron chi connectivity index (χ1n) is 5.46. The van der Waals surface area contributed by atoms with Crippen molar-refractivity contribution in [1.82, 2.24) is 0 Å². The van der Waals surface area contributed by atoms with Gasteiger partial charge in [0, 0.05) is 14.7 Å². The lowest BCUT2D eigenvalue weighted by Crippen LogP contribution is -2.04. The summed E-state index contributed by atoms with van der Waals surface area (Å²) in [7, 11) is 0. The van der Waals surface area contributed by atoms with E-state index >= 15 is 0 Å². The van der Waals surface area contributed by atoms with Crippen LogP contribution in [0.2, 0.25) is 0 Å². The second-order valence-corrected chi connectivity index (χ2v) is 5.21. The predicted octanol–water partition coefficient (Wildman–Crippen LogP) is 4.14. The molecule has 2 aromatic rings. The number of carbonyl (C=O) groups excluding carboxylic acids is 1. The Hall–Kier alpha value is -1.16. The van der Waals surface area contributed by atoms with Crippen molar-refractivity contribution in [3.05, 3.63) is 68.3 Å². The Kier molecular flexibility index (Phi) is 3.62. The normalized spacial score (nSPS) is 10.3. The standard InChI is InChI=1S/C15H13IO/c1-10-6-8-12(9-7-10)15(17)13-5-3-4-11(2)14(13)16/h3-9H,1-2H3. The fourth-order valence-electron chi connectivity index (χ4n) is 1.68. The number of aryl methyl sites for hydroxylation is 2. The number of benzene rings is 2. The van der Waals surface area contributed by atoms with E-state index in [1.807, 2.05) is 56.3 Å². The van der Waals surface area contributed by atoms with Crippen LogP contribution in [0, 0.1) is 17.4 Å². The molecule has 17 heavy (non-hydrogen) atoms. The van der Waals surface area contributed by atoms with Crippen LogP contribution in [0.4, 0.5) is 0 Å². The van der Waals surface area contributed by atoms with E-state index in [2.05, 4.69) is 22.6 Å². The Morgan fingerprint density at radius 2 is 1.65 bits per heavy atom. The van der Waals surface area contributed by atoms with Crippen molar-refractivity contribution < 1.29 is 4.79 Å². The molecule has 0 fully saturated rings. The summed E-state index contributed by atoms with van der Waals surface area (Å²) in [5, 5.41) is 0. The lowest BCUT2D eigenvalue weighted by Gasteiger charge is -2.06. The third kappa shape index (κ3) is 2.57. The fourth-order valence-corrected chi connectivity index (χ4v) is 2.29. The molecule has 0 aliphatic rings. The van der Waals surface area contributed by atoms with Crippen LogP contribution < -0.4 is 0 Å². The Bertz CT molecular complexity index is 556. The maximum Gasteiger partial charge on any atom is 0.194 e. The van der Waals surface area contributed by atoms with Crippen molar-refractivity contribution >= 4 is 28.4 Å². The van der Waals surface area contributed by atoms with Crippen molar-refractivity contribution in [1.29, 1.82) is 0 Å². The molecule has 2 rings (SSSR count). The summed E-state index contributed by atoms with van der Waals surface area (Å²) >= 11 is 2.23. The Balaban J connectivity index is 2.44. The van der Waals surface area contributed by atoms with Crippen LogP contribution in [0.5, 0.6) is 0 Å². The summed E-state index contributed by atoms with van der Waals surface area (Å²) in [6.45, 7) is 4.04. The van der Waals surface area contributed by atoms with Gasteiger partial charge in [0.25, 0.3) is 0 Å². The molecule has 0 bridgehead atoms. The van der Waals surface area contributed by atoms with E-state index in [0.29, 0.717) is 0 Å². The molecule has 0 aliphatic heterocycles. The maximum atomic E-state index is 12.3. The van der Waals surface area contributed by atoms with Gasteiger partial charge in [-0.05, 0) is 48.1 Å². The van der Waals surface area contributed by atoms with Crippen LogP contribution in [0.25, 0.3) is 0 Å². The molecule has 0 saturated heterocycles. The van der Waals surface area contributed by atoms with Gasteiger partial charge in [0.15, 0.2) is 5.78 Å². The van der Waals surface area contributed by atoms with E-state index in [-0.39, 0.29) is 5.78 Å². The minimum absolute atomic E-state index is 0.0955. The molecule has 0 aliphatic carbocycles. The summed E-state index contributed by atoms with van der Waals surface area (Å²) in [6, 6.07) is 13.5. The third-order valence-corrected chi connectivity index (χ3v) is 4.18. The van der Waals surface area contributed by atoms with Gasteiger partial charge in [-0.1, -0.05) is 42.0 Å². The molecule has 86 valence electrons. The van der Waals surface area contributed by atoms with Gasteiger partial charge in [0.2, 0.25) is 0 Å². The molecule has 0 unspecified atom stereocenters. The molecule has 0 saturated carbocycles. The number of rotatable bonds is 2. The van der Waals surface area contributed by atoms with Gasteiger partial charge in [-0.3, -0.25) is 4.79 Å². The minimum atomic E-state index is 0.0955. The zero-order valence-electron chi connectivity index (χ0n) is 9.83. The van der Waals surface area contributed by atoms with Crippen LogP contribution in [0.1, 0.15) is 27.0 Å². The monoisotopic (exact) mass is 336 g/mol. The van der Waals surface area contributed by atoms with Gasteiger partial charge in [0.1, 0.15) is 0 Å². The van der Waals surface area contributed by atoms with E-state index in [0.717, 1.165) is 20.3 Å².